The van der Waals surface area contributed by atoms with Crippen LogP contribution in [0.2, 0.25) is 0 Å². The number of hydrogen-bond donors (Lipinski definition) is 10. The molecule has 0 aliphatic carbocycles. The molecule has 0 spiro atoms. The van der Waals surface area contributed by atoms with E-state index in [0.29, 0.717) is 43.4 Å². The van der Waals surface area contributed by atoms with Gasteiger partial charge < -0.3 is 82.1 Å². The lowest BCUT2D eigenvalue weighted by Crippen LogP contribution is -2.60. The highest BCUT2D eigenvalue weighted by Crippen LogP contribution is 2.32. The van der Waals surface area contributed by atoms with Crippen molar-refractivity contribution in [3.8, 4) is 0 Å². The van der Waals surface area contributed by atoms with E-state index in [9.17, 15) is 79.5 Å². The van der Waals surface area contributed by atoms with Gasteiger partial charge in [0.2, 0.25) is 47.3 Å². The number of aryl methyl sites for hydroxylation is 2. The van der Waals surface area contributed by atoms with Crippen LogP contribution < -0.4 is 48.3 Å². The molecule has 33 nitrogen and oxygen atoms in total. The first-order chi connectivity index (χ1) is 61.8. The molecule has 0 aromatic heterocycles. The molecule has 13 atom stereocenters. The molecule has 6 rings (SSSR count). The second kappa shape index (κ2) is 50.4. The van der Waals surface area contributed by atoms with Crippen LogP contribution in [-0.2, 0) is 83.6 Å². The lowest BCUT2D eigenvalue weighted by Gasteiger charge is -2.41. The van der Waals surface area contributed by atoms with Crippen LogP contribution in [0.3, 0.4) is 0 Å². The average Bonchev–Trinajstić information content (AvgIpc) is 1.00. The number of carbonyl (C=O) groups excluding carboxylic acids is 12. The maximum absolute atomic E-state index is 15.0. The number of sulfone groups is 2. The van der Waals surface area contributed by atoms with Gasteiger partial charge in [0.05, 0.1) is 81.6 Å². The minimum atomic E-state index is -4.24. The predicted octanol–water partition coefficient (Wildman–Crippen LogP) is 9.63. The highest BCUT2D eigenvalue weighted by Gasteiger charge is 2.45. The number of benzene rings is 5. The smallest absolute Gasteiger partial charge is 0.410 e. The molecule has 0 radical (unpaired) electrons. The number of likely N-dealkylation sites (tertiary alicyclic amines) is 1. The number of amides is 12. The number of hydrogen-bond acceptors (Lipinski definition) is 21. The molecule has 1 aliphatic heterocycles. The maximum Gasteiger partial charge on any atom is 0.410 e. The molecule has 1 heterocycles. The van der Waals surface area contributed by atoms with E-state index in [2.05, 4.69) is 42.5 Å². The number of nitrogens with zero attached hydrogens (tertiary/aromatic N) is 3. The van der Waals surface area contributed by atoms with Gasteiger partial charge in [-0.05, 0) is 177 Å². The van der Waals surface area contributed by atoms with Crippen LogP contribution in [-0.4, -0.2) is 239 Å². The van der Waals surface area contributed by atoms with E-state index in [-0.39, 0.29) is 89.8 Å². The molecule has 728 valence electrons. The van der Waals surface area contributed by atoms with Crippen LogP contribution in [0.25, 0.3) is 0 Å². The summed E-state index contributed by atoms with van der Waals surface area (Å²) in [6, 6.07) is 23.2. The van der Waals surface area contributed by atoms with Gasteiger partial charge in [-0.15, -0.1) is 0 Å². The van der Waals surface area contributed by atoms with Gasteiger partial charge in [0.1, 0.15) is 36.8 Å². The summed E-state index contributed by atoms with van der Waals surface area (Å²) in [5.41, 5.74) is 6.64. The zero-order valence-corrected chi connectivity index (χ0v) is 82.0. The molecule has 132 heavy (non-hydrogen) atoms. The van der Waals surface area contributed by atoms with Gasteiger partial charge in [0.25, 0.3) is 5.91 Å². The van der Waals surface area contributed by atoms with Crippen molar-refractivity contribution in [1.29, 1.82) is 0 Å². The van der Waals surface area contributed by atoms with E-state index in [0.717, 1.165) is 16.0 Å². The van der Waals surface area contributed by atoms with Crippen LogP contribution in [0.5, 0.6) is 0 Å². The molecule has 1 fully saturated rings. The topological polar surface area (TPSA) is 462 Å². The van der Waals surface area contributed by atoms with Gasteiger partial charge >= 0.3 is 12.1 Å². The molecular formula is C97H142N12O21S2. The molecule has 11 N–H and O–H groups in total. The quantitative estimate of drug-likeness (QED) is 0.0128. The van der Waals surface area contributed by atoms with E-state index in [1.807, 2.05) is 40.7 Å². The van der Waals surface area contributed by atoms with Crippen LogP contribution >= 0.6 is 0 Å². The Bertz CT molecular complexity index is 4860. The minimum absolute atomic E-state index is 0.0154. The zero-order chi connectivity index (χ0) is 98.6. The second-order valence-electron chi connectivity index (χ2n) is 37.3. The molecular weight excluding hydrogens is 1730 g/mol. The Labute approximate surface area is 779 Å². The monoisotopic (exact) mass is 1870 g/mol. The lowest BCUT2D eigenvalue weighted by molar-refractivity contribution is -0.148. The number of Topliss-reactive ketones (excluding diaryl/α,β-unsaturated/α-hetero) is 1. The fraction of sp³-hybridized carbons (Fsp3) is 0.567. The molecule has 1 aliphatic rings. The number of rotatable bonds is 50. The first-order valence-corrected chi connectivity index (χ1v) is 48.5. The largest absolute Gasteiger partial charge is 0.445 e. The van der Waals surface area contributed by atoms with Gasteiger partial charge in [-0.1, -0.05) is 159 Å². The third-order valence-corrected chi connectivity index (χ3v) is 27.6. The summed E-state index contributed by atoms with van der Waals surface area (Å²) in [5.74, 6) is -12.1. The molecule has 0 saturated carbocycles. The average molecular weight is 1880 g/mol. The van der Waals surface area contributed by atoms with E-state index < -0.39 is 204 Å². The number of aliphatic hydroxyl groups excluding tert-OH is 1. The lowest BCUT2D eigenvalue weighted by atomic mass is 9.89. The Hall–Kier alpha value is -10.7. The molecule has 35 heteroatoms. The molecule has 0 bridgehead atoms. The zero-order valence-electron chi connectivity index (χ0n) is 80.4. The van der Waals surface area contributed by atoms with Crippen molar-refractivity contribution in [2.75, 3.05) is 64.8 Å². The van der Waals surface area contributed by atoms with E-state index in [1.54, 1.807) is 156 Å². The molecule has 1 saturated heterocycles. The Morgan fingerprint density at radius 2 is 1.17 bits per heavy atom. The van der Waals surface area contributed by atoms with Gasteiger partial charge in [0, 0.05) is 76.8 Å². The Morgan fingerprint density at radius 1 is 0.614 bits per heavy atom. The summed E-state index contributed by atoms with van der Waals surface area (Å²) in [4.78, 5) is 174. The summed E-state index contributed by atoms with van der Waals surface area (Å²) in [5, 5.41) is 33.3. The third kappa shape index (κ3) is 32.9. The van der Waals surface area contributed by atoms with Crippen molar-refractivity contribution < 1.29 is 98.4 Å². The first kappa shape index (κ1) is 110. The van der Waals surface area contributed by atoms with E-state index >= 15 is 0 Å². The van der Waals surface area contributed by atoms with Crippen molar-refractivity contribution in [2.24, 2.45) is 41.2 Å². The van der Waals surface area contributed by atoms with Crippen molar-refractivity contribution in [2.45, 2.75) is 270 Å². The standard InChI is InChI=1S/C97H142N12O21S2/c1-22-63(10)83(77(127-20)54-79(111)109-52-27-31-76(109)86(128-21)64(11)87(114)100-65(12)84(112)67-28-24-23-25-29-67)107(18)93(120)81(59(4)5)105-92(119)82(60(6)7)108(19)95(122)129-55-66-36-42-71(43-37-66)101-89(116)74(30-26-51-99-94(98)121)103-91(118)80(58(2)3)104-78(110)49-48-75(90(117)106-97(16,17)50-53-130-96(13,14)15)102-88(115)69-40-38-68(39-41-69)85(113)70(56-131(123,124)72-44-32-61(8)33-45-72)57-132(125,126)73-46-34-62(9)35-47-73/h23-25,28-29,32-47,58-60,63-65,70,74-77,80-84,86,112H,22,26-27,30-31,48-57H2,1-21H3,(H,100,114)(H,101,116)(H,102,115)(H,103,118)(H,104,110)(H,105,119)(H,106,117)(H3,98,99,121)/t63-,64+,65+,74-,75-,76-,77+,80?,81-,82?,83-,84+,86+/m0/s1. The summed E-state index contributed by atoms with van der Waals surface area (Å²) in [7, 11) is -2.47. The fourth-order valence-corrected chi connectivity index (χ4v) is 19.2. The molecule has 2 unspecified atom stereocenters. The normalized spacial score (nSPS) is 15.9. The number of urea groups is 1. The molecule has 5 aromatic carbocycles. The van der Waals surface area contributed by atoms with Gasteiger partial charge in [-0.25, -0.2) is 26.4 Å². The number of aliphatic hydroxyl groups is 1. The molecule has 12 amide bonds. The van der Waals surface area contributed by atoms with Crippen molar-refractivity contribution in [1.82, 2.24) is 51.9 Å². The Morgan fingerprint density at radius 3 is 1.70 bits per heavy atom. The highest BCUT2D eigenvalue weighted by atomic mass is 32.2. The van der Waals surface area contributed by atoms with Gasteiger partial charge in [0.15, 0.2) is 25.5 Å². The van der Waals surface area contributed by atoms with Crippen molar-refractivity contribution in [3.05, 3.63) is 161 Å². The number of nitrogens with two attached hydrogens (primary N) is 1. The number of anilines is 1. The van der Waals surface area contributed by atoms with Crippen LogP contribution in [0.15, 0.2) is 137 Å². The Balaban J connectivity index is 1.10. The fourth-order valence-electron chi connectivity index (χ4n) is 16.0. The predicted molar refractivity (Wildman–Crippen MR) is 503 cm³/mol. The van der Waals surface area contributed by atoms with Crippen molar-refractivity contribution >= 4 is 96.4 Å². The van der Waals surface area contributed by atoms with E-state index in [4.69, 9.17) is 24.7 Å². The SMILES string of the molecule is CC[C@H](C)[C@@H]([C@@H](CC(=O)N1CCC[C@H]1[C@H](OC)[C@@H](C)C(=O)N[C@H](C)[C@@H](O)c1ccccc1)OC)N(C)C(=O)[C@@H](NC(=O)C(C(C)C)N(C)C(=O)OCc1ccc(NC(=O)[C@H](CCCNC(N)=O)NC(=O)C(NC(=O)CC[C@H](NC(=O)c2ccc(C(=O)C(CS(=O)(=O)c3ccc(C)cc3)CS(=O)(=O)c3ccc(C)cc3)cc2)C(=O)NC(C)(C)CCOC(C)(C)C)C(C)C)cc1)C(C)C. The number of primary amides is 1. The van der Waals surface area contributed by atoms with Gasteiger partial charge in [-0.3, -0.25) is 52.8 Å². The van der Waals surface area contributed by atoms with Crippen molar-refractivity contribution in [3.63, 3.8) is 0 Å². The summed E-state index contributed by atoms with van der Waals surface area (Å²) < 4.78 is 79.3. The summed E-state index contributed by atoms with van der Waals surface area (Å²) in [6.45, 7) is 30.7. The summed E-state index contributed by atoms with van der Waals surface area (Å²) in [6.07, 6.45) is -2.01. The summed E-state index contributed by atoms with van der Waals surface area (Å²) >= 11 is 0. The number of nitrogens with one attached hydrogen (secondary N) is 8. The first-order valence-electron chi connectivity index (χ1n) is 45.2. The van der Waals surface area contributed by atoms with Gasteiger partial charge in [-0.2, -0.15) is 0 Å². The highest BCUT2D eigenvalue weighted by molar-refractivity contribution is 7.92. The van der Waals surface area contributed by atoms with E-state index in [1.165, 1.54) is 86.8 Å². The third-order valence-electron chi connectivity index (χ3n) is 23.9. The Kier molecular flexibility index (Phi) is 42.0. The maximum atomic E-state index is 15.0. The molecule has 5 aromatic rings. The van der Waals surface area contributed by atoms with Crippen LogP contribution in [0.4, 0.5) is 15.3 Å². The number of likely N-dealkylation sites (N-methyl/N-ethyl adjacent to an activating group) is 2. The minimum Gasteiger partial charge on any atom is -0.445 e. The number of methoxy groups -OCH3 is 2. The number of carbonyl (C=O) groups is 12. The number of ether oxygens (including phenoxy) is 4. The van der Waals surface area contributed by atoms with Crippen LogP contribution in [0.1, 0.15) is 211 Å². The second-order valence-corrected chi connectivity index (χ2v) is 41.3. The number of ketones is 1. The van der Waals surface area contributed by atoms with Crippen LogP contribution in [0, 0.1) is 49.4 Å².